The normalized spacial score (nSPS) is 11.4. The zero-order chi connectivity index (χ0) is 18.3. The molecule has 0 aliphatic carbocycles. The quantitative estimate of drug-likeness (QED) is 0.730. The van der Waals surface area contributed by atoms with Crippen LogP contribution in [0.25, 0.3) is 22.6 Å². The van der Waals surface area contributed by atoms with Gasteiger partial charge in [-0.15, -0.1) is 12.4 Å². The molecule has 0 unspecified atom stereocenters. The third-order valence-electron chi connectivity index (χ3n) is 4.85. The number of rotatable bonds is 3. The molecule has 0 fully saturated rings. The number of halogens is 1. The minimum atomic E-state index is 0. The van der Waals surface area contributed by atoms with Crippen molar-refractivity contribution in [2.75, 3.05) is 14.2 Å². The van der Waals surface area contributed by atoms with E-state index in [0.717, 1.165) is 41.4 Å². The molecule has 6 nitrogen and oxygen atoms in total. The van der Waals surface area contributed by atoms with Crippen molar-refractivity contribution in [1.29, 1.82) is 5.41 Å². The van der Waals surface area contributed by atoms with Crippen LogP contribution in [-0.4, -0.2) is 29.2 Å². The molecule has 3 N–H and O–H groups in total. The lowest BCUT2D eigenvalue weighted by molar-refractivity contribution is 0.354. The van der Waals surface area contributed by atoms with Crippen LogP contribution in [0.1, 0.15) is 11.1 Å². The summed E-state index contributed by atoms with van der Waals surface area (Å²) >= 11 is 0. The third kappa shape index (κ3) is 3.61. The SMILES string of the molecule is COc1cc2c(cc1OC)-c1cc(=N)nc(-c3ccc(C)cc3)n1CC2.Cl.O. The van der Waals surface area contributed by atoms with E-state index in [1.165, 1.54) is 11.1 Å². The Morgan fingerprint density at radius 1 is 1.00 bits per heavy atom. The highest BCUT2D eigenvalue weighted by molar-refractivity contribution is 5.85. The van der Waals surface area contributed by atoms with Gasteiger partial charge in [0.25, 0.3) is 0 Å². The van der Waals surface area contributed by atoms with Crippen LogP contribution in [0.15, 0.2) is 42.5 Å². The van der Waals surface area contributed by atoms with Gasteiger partial charge in [0.15, 0.2) is 11.5 Å². The average Bonchev–Trinajstić information content (AvgIpc) is 2.66. The van der Waals surface area contributed by atoms with E-state index in [9.17, 15) is 0 Å². The van der Waals surface area contributed by atoms with E-state index in [0.29, 0.717) is 5.75 Å². The van der Waals surface area contributed by atoms with Crippen molar-refractivity contribution in [3.8, 4) is 34.1 Å². The summed E-state index contributed by atoms with van der Waals surface area (Å²) in [4.78, 5) is 4.51. The molecule has 148 valence electrons. The fourth-order valence-electron chi connectivity index (χ4n) is 3.50. The van der Waals surface area contributed by atoms with Crippen LogP contribution >= 0.6 is 12.4 Å². The van der Waals surface area contributed by atoms with Gasteiger partial charge in [0.2, 0.25) is 0 Å². The number of methoxy groups -OCH3 is 2. The number of ether oxygens (including phenoxy) is 2. The summed E-state index contributed by atoms with van der Waals surface area (Å²) in [7, 11) is 3.29. The highest BCUT2D eigenvalue weighted by Crippen LogP contribution is 2.39. The Hall–Kier alpha value is -2.83. The van der Waals surface area contributed by atoms with Gasteiger partial charge in [0.05, 0.1) is 19.9 Å². The molecule has 1 aromatic heterocycles. The Bertz CT molecular complexity index is 1050. The van der Waals surface area contributed by atoms with Crippen LogP contribution in [0.2, 0.25) is 0 Å². The topological polar surface area (TPSA) is 91.6 Å². The van der Waals surface area contributed by atoms with E-state index in [2.05, 4.69) is 40.7 Å². The second kappa shape index (κ2) is 8.46. The molecule has 0 atom stereocenters. The maximum absolute atomic E-state index is 8.21. The predicted octanol–water partition coefficient (Wildman–Crippen LogP) is 3.18. The Labute approximate surface area is 170 Å². The lowest BCUT2D eigenvalue weighted by Crippen LogP contribution is -2.21. The van der Waals surface area contributed by atoms with Gasteiger partial charge < -0.3 is 19.5 Å². The molecule has 1 aliphatic rings. The van der Waals surface area contributed by atoms with Crippen molar-refractivity contribution in [3.05, 3.63) is 59.1 Å². The predicted molar refractivity (Wildman–Crippen MR) is 111 cm³/mol. The Kier molecular flexibility index (Phi) is 6.48. The van der Waals surface area contributed by atoms with Crippen molar-refractivity contribution in [2.24, 2.45) is 0 Å². The molecule has 7 heteroatoms. The van der Waals surface area contributed by atoms with E-state index in [1.54, 1.807) is 14.2 Å². The molecule has 28 heavy (non-hydrogen) atoms. The van der Waals surface area contributed by atoms with Gasteiger partial charge in [-0.3, -0.25) is 5.41 Å². The first-order chi connectivity index (χ1) is 12.6. The number of aryl methyl sites for hydroxylation is 2. The van der Waals surface area contributed by atoms with Crippen molar-refractivity contribution in [3.63, 3.8) is 0 Å². The van der Waals surface area contributed by atoms with Crippen LogP contribution in [0.5, 0.6) is 11.5 Å². The molecule has 0 bridgehead atoms. The summed E-state index contributed by atoms with van der Waals surface area (Å²) < 4.78 is 13.1. The molecule has 3 aromatic rings. The number of nitrogens with zero attached hydrogens (tertiary/aromatic N) is 2. The molecule has 2 aromatic carbocycles. The fourth-order valence-corrected chi connectivity index (χ4v) is 3.50. The first-order valence-electron chi connectivity index (χ1n) is 8.59. The van der Waals surface area contributed by atoms with Crippen molar-refractivity contribution in [1.82, 2.24) is 9.55 Å². The number of benzene rings is 2. The van der Waals surface area contributed by atoms with Crippen molar-refractivity contribution >= 4 is 12.4 Å². The van der Waals surface area contributed by atoms with E-state index in [-0.39, 0.29) is 23.4 Å². The first-order valence-corrected chi connectivity index (χ1v) is 8.59. The average molecular weight is 402 g/mol. The van der Waals surface area contributed by atoms with E-state index in [4.69, 9.17) is 14.9 Å². The van der Waals surface area contributed by atoms with Gasteiger partial charge in [-0.25, -0.2) is 4.98 Å². The van der Waals surface area contributed by atoms with Gasteiger partial charge >= 0.3 is 0 Å². The number of nitrogens with one attached hydrogen (secondary N) is 1. The molecule has 4 rings (SSSR count). The van der Waals surface area contributed by atoms with Crippen LogP contribution in [0.3, 0.4) is 0 Å². The molecular weight excluding hydrogens is 378 g/mol. The Balaban J connectivity index is 0.00000140. The van der Waals surface area contributed by atoms with Crippen LogP contribution in [0.4, 0.5) is 0 Å². The summed E-state index contributed by atoms with van der Waals surface area (Å²) in [5, 5.41) is 8.21. The molecule has 2 heterocycles. The molecular formula is C21H24ClN3O3. The molecule has 0 saturated carbocycles. The van der Waals surface area contributed by atoms with Gasteiger partial charge in [0, 0.05) is 23.7 Å². The number of fused-ring (bicyclic) bond motifs is 3. The summed E-state index contributed by atoms with van der Waals surface area (Å²) in [5.41, 5.74) is 5.74. The lowest BCUT2D eigenvalue weighted by atomic mass is 9.96. The second-order valence-corrected chi connectivity index (χ2v) is 6.48. The van der Waals surface area contributed by atoms with E-state index >= 15 is 0 Å². The largest absolute Gasteiger partial charge is 0.493 e. The first kappa shape index (κ1) is 21.5. The van der Waals surface area contributed by atoms with Crippen LogP contribution in [-0.2, 0) is 13.0 Å². The number of aromatic nitrogens is 2. The van der Waals surface area contributed by atoms with Crippen LogP contribution < -0.4 is 15.0 Å². The summed E-state index contributed by atoms with van der Waals surface area (Å²) in [6.07, 6.45) is 0.880. The van der Waals surface area contributed by atoms with Gasteiger partial charge in [-0.1, -0.05) is 29.8 Å². The smallest absolute Gasteiger partial charge is 0.161 e. The zero-order valence-corrected chi connectivity index (χ0v) is 16.9. The van der Waals surface area contributed by atoms with Gasteiger partial charge in [-0.2, -0.15) is 0 Å². The minimum absolute atomic E-state index is 0. The molecule has 0 spiro atoms. The zero-order valence-electron chi connectivity index (χ0n) is 16.1. The Morgan fingerprint density at radius 2 is 1.64 bits per heavy atom. The highest BCUT2D eigenvalue weighted by Gasteiger charge is 2.22. The van der Waals surface area contributed by atoms with E-state index < -0.39 is 0 Å². The Morgan fingerprint density at radius 3 is 2.29 bits per heavy atom. The molecule has 0 radical (unpaired) electrons. The lowest BCUT2D eigenvalue weighted by Gasteiger charge is -2.26. The number of hydrogen-bond donors (Lipinski definition) is 1. The fraction of sp³-hybridized carbons (Fsp3) is 0.238. The van der Waals surface area contributed by atoms with Gasteiger partial charge in [0.1, 0.15) is 11.3 Å². The minimum Gasteiger partial charge on any atom is -0.493 e. The summed E-state index contributed by atoms with van der Waals surface area (Å²) in [6.45, 7) is 2.88. The number of hydrogen-bond acceptors (Lipinski definition) is 4. The monoisotopic (exact) mass is 401 g/mol. The van der Waals surface area contributed by atoms with E-state index in [1.807, 2.05) is 18.2 Å². The van der Waals surface area contributed by atoms with Crippen molar-refractivity contribution < 1.29 is 14.9 Å². The highest BCUT2D eigenvalue weighted by atomic mass is 35.5. The van der Waals surface area contributed by atoms with Crippen molar-refractivity contribution in [2.45, 2.75) is 19.9 Å². The molecule has 0 saturated heterocycles. The molecule has 0 amide bonds. The molecule has 1 aliphatic heterocycles. The standard InChI is InChI=1S/C21H21N3O2.ClH.H2O/c1-13-4-6-14(7-5-13)21-23-20(22)12-17-16-11-19(26-3)18(25-2)10-15(16)8-9-24(17)21;;/h4-7,10-12,22H,8-9H2,1-3H3;1H;1H2. The maximum atomic E-state index is 8.21. The summed E-state index contributed by atoms with van der Waals surface area (Å²) in [5.74, 6) is 2.26. The maximum Gasteiger partial charge on any atom is 0.161 e. The summed E-state index contributed by atoms with van der Waals surface area (Å²) in [6, 6.07) is 14.1. The van der Waals surface area contributed by atoms with Gasteiger partial charge in [-0.05, 0) is 31.0 Å². The third-order valence-corrected chi connectivity index (χ3v) is 4.85. The van der Waals surface area contributed by atoms with Crippen LogP contribution in [0, 0.1) is 12.3 Å². The second-order valence-electron chi connectivity index (χ2n) is 6.48.